The normalized spacial score (nSPS) is 10.1. The second-order valence-electron chi connectivity index (χ2n) is 2.53. The van der Waals surface area contributed by atoms with E-state index >= 15 is 0 Å². The maximum atomic E-state index is 5.86. The number of hydrogen-bond donors (Lipinski definition) is 0. The molecule has 0 unspecified atom stereocenters. The van der Waals surface area contributed by atoms with Gasteiger partial charge in [-0.05, 0) is 30.2 Å². The molecule has 0 aliphatic rings. The van der Waals surface area contributed by atoms with Gasteiger partial charge >= 0.3 is 0 Å². The van der Waals surface area contributed by atoms with Gasteiger partial charge in [0.2, 0.25) is 0 Å². The van der Waals surface area contributed by atoms with Gasteiger partial charge in [0.15, 0.2) is 0 Å². The van der Waals surface area contributed by atoms with Crippen LogP contribution in [-0.2, 0) is 6.42 Å². The minimum Gasteiger partial charge on any atom is -0.0843 e. The van der Waals surface area contributed by atoms with E-state index in [-0.39, 0.29) is 0 Å². The van der Waals surface area contributed by atoms with Crippen LogP contribution in [0.5, 0.6) is 0 Å². The predicted molar refractivity (Wildman–Crippen MR) is 53.1 cm³/mol. The molecular formula is C9H10BrCl. The van der Waals surface area contributed by atoms with E-state index in [2.05, 4.69) is 28.9 Å². The van der Waals surface area contributed by atoms with E-state index in [1.165, 1.54) is 5.56 Å². The molecule has 0 heterocycles. The molecule has 1 rings (SSSR count). The Balaban J connectivity index is 2.89. The summed E-state index contributed by atoms with van der Waals surface area (Å²) < 4.78 is 1.06. The number of aryl methyl sites for hydroxylation is 1. The van der Waals surface area contributed by atoms with Gasteiger partial charge in [0.05, 0.1) is 0 Å². The van der Waals surface area contributed by atoms with Crippen LogP contribution in [0.3, 0.4) is 0 Å². The first kappa shape index (κ1) is 9.08. The Morgan fingerprint density at radius 3 is 2.64 bits per heavy atom. The molecule has 60 valence electrons. The third-order valence-electron chi connectivity index (χ3n) is 1.46. The molecule has 0 radical (unpaired) electrons. The molecule has 2 heteroatoms. The van der Waals surface area contributed by atoms with E-state index in [1.807, 2.05) is 12.1 Å². The highest BCUT2D eigenvalue weighted by Crippen LogP contribution is 2.20. The summed E-state index contributed by atoms with van der Waals surface area (Å²) >= 11 is 9.25. The fourth-order valence-corrected chi connectivity index (χ4v) is 1.97. The lowest BCUT2D eigenvalue weighted by molar-refractivity contribution is 0.921. The Morgan fingerprint density at radius 1 is 1.36 bits per heavy atom. The van der Waals surface area contributed by atoms with Crippen molar-refractivity contribution in [3.8, 4) is 0 Å². The highest BCUT2D eigenvalue weighted by Gasteiger charge is 1.95. The average molecular weight is 234 g/mol. The Morgan fingerprint density at radius 2 is 2.09 bits per heavy atom. The van der Waals surface area contributed by atoms with Gasteiger partial charge in [-0.25, -0.2) is 0 Å². The van der Waals surface area contributed by atoms with Crippen molar-refractivity contribution in [2.45, 2.75) is 19.8 Å². The summed E-state index contributed by atoms with van der Waals surface area (Å²) in [6, 6.07) is 6.02. The van der Waals surface area contributed by atoms with Crippen molar-refractivity contribution in [1.82, 2.24) is 0 Å². The zero-order chi connectivity index (χ0) is 8.27. The van der Waals surface area contributed by atoms with E-state index in [1.54, 1.807) is 0 Å². The van der Waals surface area contributed by atoms with Crippen LogP contribution in [0.2, 0.25) is 5.02 Å². The van der Waals surface area contributed by atoms with Crippen LogP contribution < -0.4 is 0 Å². The molecular weight excluding hydrogens is 223 g/mol. The third-order valence-corrected chi connectivity index (χ3v) is 2.14. The van der Waals surface area contributed by atoms with E-state index < -0.39 is 0 Å². The van der Waals surface area contributed by atoms with Crippen molar-refractivity contribution in [3.63, 3.8) is 0 Å². The topological polar surface area (TPSA) is 0 Å². The molecule has 0 aliphatic carbocycles. The number of rotatable bonds is 2. The molecule has 0 amide bonds. The molecule has 1 aromatic rings. The fourth-order valence-electron chi connectivity index (χ4n) is 1.04. The largest absolute Gasteiger partial charge is 0.0843 e. The van der Waals surface area contributed by atoms with Gasteiger partial charge in [-0.3, -0.25) is 0 Å². The minimum absolute atomic E-state index is 0.808. The van der Waals surface area contributed by atoms with E-state index in [4.69, 9.17) is 11.6 Å². The SMILES string of the molecule is CCCc1cc(Cl)cc(Br)c1. The highest BCUT2D eigenvalue weighted by molar-refractivity contribution is 9.10. The monoisotopic (exact) mass is 232 g/mol. The minimum atomic E-state index is 0.808. The van der Waals surface area contributed by atoms with E-state index in [9.17, 15) is 0 Å². The van der Waals surface area contributed by atoms with Crippen LogP contribution >= 0.6 is 27.5 Å². The number of benzene rings is 1. The molecule has 0 aromatic heterocycles. The first-order chi connectivity index (χ1) is 5.22. The predicted octanol–water partition coefficient (Wildman–Crippen LogP) is 4.06. The Kier molecular flexibility index (Phi) is 3.41. The summed E-state index contributed by atoms with van der Waals surface area (Å²) in [6.07, 6.45) is 2.26. The number of hydrogen-bond acceptors (Lipinski definition) is 0. The van der Waals surface area contributed by atoms with Crippen molar-refractivity contribution in [1.29, 1.82) is 0 Å². The van der Waals surface area contributed by atoms with E-state index in [0.29, 0.717) is 0 Å². The lowest BCUT2D eigenvalue weighted by Gasteiger charge is -1.99. The summed E-state index contributed by atoms with van der Waals surface area (Å²) in [5, 5.41) is 0.808. The first-order valence-electron chi connectivity index (χ1n) is 3.67. The van der Waals surface area contributed by atoms with Gasteiger partial charge in [-0.2, -0.15) is 0 Å². The van der Waals surface area contributed by atoms with Crippen LogP contribution in [0, 0.1) is 0 Å². The van der Waals surface area contributed by atoms with Gasteiger partial charge in [0.1, 0.15) is 0 Å². The third kappa shape index (κ3) is 2.84. The maximum absolute atomic E-state index is 5.86. The summed E-state index contributed by atoms with van der Waals surface area (Å²) in [4.78, 5) is 0. The summed E-state index contributed by atoms with van der Waals surface area (Å²) in [5.41, 5.74) is 1.30. The van der Waals surface area contributed by atoms with Crippen LogP contribution in [0.1, 0.15) is 18.9 Å². The van der Waals surface area contributed by atoms with Crippen molar-refractivity contribution < 1.29 is 0 Å². The van der Waals surface area contributed by atoms with Gasteiger partial charge in [0, 0.05) is 9.50 Å². The standard InChI is InChI=1S/C9H10BrCl/c1-2-3-7-4-8(10)6-9(11)5-7/h4-6H,2-3H2,1H3. The molecule has 0 spiro atoms. The number of halogens is 2. The van der Waals surface area contributed by atoms with Gasteiger partial charge in [0.25, 0.3) is 0 Å². The molecule has 0 saturated heterocycles. The van der Waals surface area contributed by atoms with Crippen LogP contribution in [-0.4, -0.2) is 0 Å². The van der Waals surface area contributed by atoms with Crippen LogP contribution in [0.4, 0.5) is 0 Å². The molecule has 1 aromatic carbocycles. The maximum Gasteiger partial charge on any atom is 0.0419 e. The Labute approximate surface area is 80.7 Å². The molecule has 0 nitrogen and oxygen atoms in total. The second kappa shape index (κ2) is 4.13. The zero-order valence-corrected chi connectivity index (χ0v) is 8.74. The van der Waals surface area contributed by atoms with Crippen LogP contribution in [0.25, 0.3) is 0 Å². The van der Waals surface area contributed by atoms with Gasteiger partial charge < -0.3 is 0 Å². The van der Waals surface area contributed by atoms with Crippen molar-refractivity contribution in [2.75, 3.05) is 0 Å². The summed E-state index contributed by atoms with van der Waals surface area (Å²) in [5.74, 6) is 0. The van der Waals surface area contributed by atoms with Gasteiger partial charge in [-0.15, -0.1) is 0 Å². The highest BCUT2D eigenvalue weighted by atomic mass is 79.9. The molecule has 0 atom stereocenters. The molecule has 0 bridgehead atoms. The van der Waals surface area contributed by atoms with Gasteiger partial charge in [-0.1, -0.05) is 40.9 Å². The zero-order valence-electron chi connectivity index (χ0n) is 6.40. The smallest absolute Gasteiger partial charge is 0.0419 e. The molecule has 0 N–H and O–H groups in total. The lowest BCUT2D eigenvalue weighted by Crippen LogP contribution is -1.82. The molecule has 0 fully saturated rings. The summed E-state index contributed by atoms with van der Waals surface area (Å²) in [7, 11) is 0. The quantitative estimate of drug-likeness (QED) is 0.723. The van der Waals surface area contributed by atoms with Crippen LogP contribution in [0.15, 0.2) is 22.7 Å². The first-order valence-corrected chi connectivity index (χ1v) is 4.84. The Bertz CT molecular complexity index is 225. The lowest BCUT2D eigenvalue weighted by atomic mass is 10.1. The van der Waals surface area contributed by atoms with Crippen molar-refractivity contribution in [2.24, 2.45) is 0 Å². The average Bonchev–Trinajstić information content (AvgIpc) is 1.85. The molecule has 11 heavy (non-hydrogen) atoms. The molecule has 0 saturated carbocycles. The Hall–Kier alpha value is -0.0100. The summed E-state index contributed by atoms with van der Waals surface area (Å²) in [6.45, 7) is 2.16. The second-order valence-corrected chi connectivity index (χ2v) is 3.88. The fraction of sp³-hybridized carbons (Fsp3) is 0.333. The van der Waals surface area contributed by atoms with Crippen molar-refractivity contribution >= 4 is 27.5 Å². The van der Waals surface area contributed by atoms with Crippen molar-refractivity contribution in [3.05, 3.63) is 33.3 Å². The van der Waals surface area contributed by atoms with E-state index in [0.717, 1.165) is 22.3 Å². The molecule has 0 aliphatic heterocycles.